The summed E-state index contributed by atoms with van der Waals surface area (Å²) in [4.78, 5) is 36.4. The van der Waals surface area contributed by atoms with Gasteiger partial charge in [-0.3, -0.25) is 9.59 Å². The zero-order chi connectivity index (χ0) is 40.3. The first-order chi connectivity index (χ1) is 26.9. The Morgan fingerprint density at radius 2 is 0.945 bits per heavy atom. The van der Waals surface area contributed by atoms with Crippen molar-refractivity contribution in [3.8, 4) is 0 Å². The van der Waals surface area contributed by atoms with Gasteiger partial charge in [0.25, 0.3) is 0 Å². The van der Waals surface area contributed by atoms with Gasteiger partial charge in [-0.25, -0.2) is 4.79 Å². The van der Waals surface area contributed by atoms with Gasteiger partial charge in [0.05, 0.1) is 0 Å². The Labute approximate surface area is 339 Å². The number of carboxylic acid groups (broad SMARTS) is 1. The van der Waals surface area contributed by atoms with Gasteiger partial charge in [0.15, 0.2) is 0 Å². The third-order valence-electron chi connectivity index (χ3n) is 10.5. The number of carbonyl (C=O) groups is 3. The van der Waals surface area contributed by atoms with Crippen LogP contribution in [0.25, 0.3) is 0 Å². The highest BCUT2D eigenvalue weighted by atomic mass is 16.5. The molecule has 55 heavy (non-hydrogen) atoms. The lowest BCUT2D eigenvalue weighted by Crippen LogP contribution is -2.40. The molecule has 0 fully saturated rings. The summed E-state index contributed by atoms with van der Waals surface area (Å²) in [6, 6.07) is -0.856. The summed E-state index contributed by atoms with van der Waals surface area (Å²) in [5, 5.41) is 11.9. The number of hydrogen-bond donors (Lipinski definition) is 3. The van der Waals surface area contributed by atoms with E-state index < -0.39 is 12.0 Å². The van der Waals surface area contributed by atoms with Crippen LogP contribution in [0.15, 0.2) is 36.5 Å². The molecule has 0 bridgehead atoms. The zero-order valence-electron chi connectivity index (χ0n) is 36.0. The lowest BCUT2D eigenvalue weighted by atomic mass is 10.0. The molecule has 0 aromatic carbocycles. The molecule has 0 aromatic heterocycles. The minimum Gasteiger partial charge on any atom is -0.480 e. The van der Waals surface area contributed by atoms with Crippen LogP contribution in [0.2, 0.25) is 0 Å². The molecule has 0 aromatic rings. The van der Waals surface area contributed by atoms with E-state index in [0.717, 1.165) is 83.5 Å². The SMILES string of the molecule is CCCCCCC/C=C\C/C=C\C/C=C\CCCCCCCCC(=O)OC(CCCCCCCCCC)CCCCCCCC(=O)NC(CCCN)C(=O)O. The van der Waals surface area contributed by atoms with E-state index in [1.165, 1.54) is 109 Å². The van der Waals surface area contributed by atoms with Crippen LogP contribution in [0.3, 0.4) is 0 Å². The van der Waals surface area contributed by atoms with E-state index in [9.17, 15) is 19.5 Å². The highest BCUT2D eigenvalue weighted by Gasteiger charge is 2.19. The maximum Gasteiger partial charge on any atom is 0.326 e. The average Bonchev–Trinajstić information content (AvgIpc) is 3.17. The van der Waals surface area contributed by atoms with E-state index in [4.69, 9.17) is 10.5 Å². The van der Waals surface area contributed by atoms with Gasteiger partial charge in [-0.05, 0) is 96.4 Å². The Balaban J connectivity index is 4.16. The average molecular weight is 773 g/mol. The van der Waals surface area contributed by atoms with Gasteiger partial charge in [-0.2, -0.15) is 0 Å². The smallest absolute Gasteiger partial charge is 0.326 e. The van der Waals surface area contributed by atoms with Gasteiger partial charge in [0.1, 0.15) is 12.1 Å². The zero-order valence-corrected chi connectivity index (χ0v) is 36.0. The Morgan fingerprint density at radius 3 is 1.42 bits per heavy atom. The van der Waals surface area contributed by atoms with Crippen LogP contribution in [-0.4, -0.2) is 41.6 Å². The Hall–Kier alpha value is -2.41. The quantitative estimate of drug-likeness (QED) is 0.0323. The predicted molar refractivity (Wildman–Crippen MR) is 234 cm³/mol. The van der Waals surface area contributed by atoms with Crippen LogP contribution in [0.1, 0.15) is 232 Å². The standard InChI is InChI=1S/C48H88N2O5/c1-3-5-7-9-11-13-14-15-16-17-18-19-20-21-22-23-24-25-27-32-36-42-47(52)55-44(38-33-29-26-12-10-8-6-4-2)39-34-30-28-31-35-41-46(51)50-45(48(53)54)40-37-43-49/h14-15,17-18,20-21,44-45H,3-13,16,19,22-43,49H2,1-2H3,(H,50,51)(H,53,54)/b15-14-,18-17-,21-20-. The molecule has 0 aliphatic carbocycles. The van der Waals surface area contributed by atoms with Gasteiger partial charge in [0.2, 0.25) is 5.91 Å². The molecule has 0 rings (SSSR count). The van der Waals surface area contributed by atoms with Crippen molar-refractivity contribution in [3.05, 3.63) is 36.5 Å². The molecule has 0 aliphatic rings. The van der Waals surface area contributed by atoms with Crippen molar-refractivity contribution >= 4 is 17.8 Å². The highest BCUT2D eigenvalue weighted by molar-refractivity contribution is 5.83. The van der Waals surface area contributed by atoms with Crippen molar-refractivity contribution in [2.24, 2.45) is 5.73 Å². The van der Waals surface area contributed by atoms with E-state index in [1.54, 1.807) is 0 Å². The normalized spacial score (nSPS) is 12.9. The molecule has 1 amide bonds. The van der Waals surface area contributed by atoms with Crippen molar-refractivity contribution in [1.29, 1.82) is 0 Å². The Kier molecular flexibility index (Phi) is 40.9. The van der Waals surface area contributed by atoms with E-state index in [1.807, 2.05) is 0 Å². The fourth-order valence-corrected chi connectivity index (χ4v) is 6.93. The van der Waals surface area contributed by atoms with E-state index in [0.29, 0.717) is 32.2 Å². The summed E-state index contributed by atoms with van der Waals surface area (Å²) in [5.41, 5.74) is 5.48. The van der Waals surface area contributed by atoms with Crippen LogP contribution in [0.4, 0.5) is 0 Å². The van der Waals surface area contributed by atoms with Crippen LogP contribution in [0.5, 0.6) is 0 Å². The highest BCUT2D eigenvalue weighted by Crippen LogP contribution is 2.19. The number of nitrogens with one attached hydrogen (secondary N) is 1. The Morgan fingerprint density at radius 1 is 0.527 bits per heavy atom. The van der Waals surface area contributed by atoms with E-state index >= 15 is 0 Å². The van der Waals surface area contributed by atoms with Gasteiger partial charge in [-0.15, -0.1) is 0 Å². The topological polar surface area (TPSA) is 119 Å². The van der Waals surface area contributed by atoms with Gasteiger partial charge in [0, 0.05) is 12.8 Å². The van der Waals surface area contributed by atoms with Crippen molar-refractivity contribution < 1.29 is 24.2 Å². The number of carbonyl (C=O) groups excluding carboxylic acids is 2. The second-order valence-electron chi connectivity index (χ2n) is 15.8. The predicted octanol–water partition coefficient (Wildman–Crippen LogP) is 13.4. The number of hydrogen-bond acceptors (Lipinski definition) is 5. The van der Waals surface area contributed by atoms with Gasteiger partial charge < -0.3 is 20.9 Å². The molecule has 2 atom stereocenters. The molecule has 0 spiro atoms. The maximum atomic E-state index is 12.8. The third kappa shape index (κ3) is 39.6. The number of ether oxygens (including phenoxy) is 1. The maximum absolute atomic E-state index is 12.8. The largest absolute Gasteiger partial charge is 0.480 e. The fourth-order valence-electron chi connectivity index (χ4n) is 6.93. The number of nitrogens with two attached hydrogens (primary N) is 1. The first kappa shape index (κ1) is 52.6. The molecule has 7 nitrogen and oxygen atoms in total. The number of allylic oxidation sites excluding steroid dienone is 6. The lowest BCUT2D eigenvalue weighted by molar-refractivity contribution is -0.150. The van der Waals surface area contributed by atoms with Crippen LogP contribution >= 0.6 is 0 Å². The molecule has 7 heteroatoms. The fraction of sp³-hybridized carbons (Fsp3) is 0.812. The molecule has 0 saturated carbocycles. The minimum absolute atomic E-state index is 0.00938. The number of aliphatic carboxylic acids is 1. The molecule has 0 radical (unpaired) electrons. The van der Waals surface area contributed by atoms with Gasteiger partial charge in [-0.1, -0.05) is 166 Å². The second kappa shape index (κ2) is 42.7. The molecule has 0 heterocycles. The number of esters is 1. The number of rotatable bonds is 42. The van der Waals surface area contributed by atoms with Crippen LogP contribution in [0, 0.1) is 0 Å². The molecule has 0 saturated heterocycles. The van der Waals surface area contributed by atoms with Crippen LogP contribution in [-0.2, 0) is 19.1 Å². The van der Waals surface area contributed by atoms with E-state index in [-0.39, 0.29) is 18.0 Å². The molecular weight excluding hydrogens is 685 g/mol. The van der Waals surface area contributed by atoms with Crippen molar-refractivity contribution in [2.45, 2.75) is 244 Å². The first-order valence-corrected chi connectivity index (χ1v) is 23.3. The molecular formula is C48H88N2O5. The van der Waals surface area contributed by atoms with E-state index in [2.05, 4.69) is 55.6 Å². The molecule has 320 valence electrons. The summed E-state index contributed by atoms with van der Waals surface area (Å²) in [6.07, 6.45) is 50.5. The molecule has 2 unspecified atom stereocenters. The summed E-state index contributed by atoms with van der Waals surface area (Å²) in [5.74, 6) is -1.24. The van der Waals surface area contributed by atoms with Crippen molar-refractivity contribution in [2.75, 3.05) is 6.54 Å². The third-order valence-corrected chi connectivity index (χ3v) is 10.5. The number of carboxylic acids is 1. The summed E-state index contributed by atoms with van der Waals surface area (Å²) in [7, 11) is 0. The van der Waals surface area contributed by atoms with Gasteiger partial charge >= 0.3 is 11.9 Å². The summed E-state index contributed by atoms with van der Waals surface area (Å²) in [6.45, 7) is 4.93. The Bertz CT molecular complexity index is 962. The van der Waals surface area contributed by atoms with Crippen molar-refractivity contribution in [3.63, 3.8) is 0 Å². The van der Waals surface area contributed by atoms with Crippen LogP contribution < -0.4 is 11.1 Å². The molecule has 0 aliphatic heterocycles. The molecule has 4 N–H and O–H groups in total. The number of amides is 1. The second-order valence-corrected chi connectivity index (χ2v) is 15.8. The first-order valence-electron chi connectivity index (χ1n) is 23.3. The lowest BCUT2D eigenvalue weighted by Gasteiger charge is -2.18. The number of unbranched alkanes of at least 4 members (excludes halogenated alkanes) is 22. The minimum atomic E-state index is -1.00. The summed E-state index contributed by atoms with van der Waals surface area (Å²) >= 11 is 0. The van der Waals surface area contributed by atoms with Crippen molar-refractivity contribution in [1.82, 2.24) is 5.32 Å². The monoisotopic (exact) mass is 773 g/mol. The summed E-state index contributed by atoms with van der Waals surface area (Å²) < 4.78 is 6.03.